The second kappa shape index (κ2) is 6.04. The predicted octanol–water partition coefficient (Wildman–Crippen LogP) is 4.08. The lowest BCUT2D eigenvalue weighted by molar-refractivity contribution is -0.274. The molecule has 1 saturated carbocycles. The van der Waals surface area contributed by atoms with Gasteiger partial charge >= 0.3 is 6.36 Å². The quantitative estimate of drug-likeness (QED) is 0.851. The summed E-state index contributed by atoms with van der Waals surface area (Å²) in [7, 11) is 0. The summed E-state index contributed by atoms with van der Waals surface area (Å²) in [6.07, 6.45) is -2.17. The van der Waals surface area contributed by atoms with Gasteiger partial charge in [0.15, 0.2) is 0 Å². The molecule has 1 aromatic carbocycles. The number of ether oxygens (including phenoxy) is 1. The minimum absolute atomic E-state index is 0.149. The number of alkyl halides is 3. The highest BCUT2D eigenvalue weighted by atomic mass is 19.4. The Labute approximate surface area is 117 Å². The zero-order chi connectivity index (χ0) is 14.8. The van der Waals surface area contributed by atoms with Crippen LogP contribution in [0, 0.1) is 5.92 Å². The van der Waals surface area contributed by atoms with Crippen LogP contribution < -0.4 is 10.1 Å². The van der Waals surface area contributed by atoms with Gasteiger partial charge in [-0.25, -0.2) is 0 Å². The van der Waals surface area contributed by atoms with E-state index in [1.807, 2.05) is 13.0 Å². The summed E-state index contributed by atoms with van der Waals surface area (Å²) in [5.74, 6) is 0.388. The minimum atomic E-state index is -4.64. The third-order valence-corrected chi connectivity index (χ3v) is 3.78. The van der Waals surface area contributed by atoms with Crippen LogP contribution in [0.1, 0.15) is 38.2 Å². The van der Waals surface area contributed by atoms with Gasteiger partial charge in [-0.2, -0.15) is 0 Å². The van der Waals surface area contributed by atoms with E-state index in [1.165, 1.54) is 25.0 Å². The standard InChI is InChI=1S/C15H20F3NO/c1-10(9-19-13-6-7-13)11(2)12-4-3-5-14(8-12)20-15(16,17)18/h3-5,8,10-11,13,19H,6-7,9H2,1-2H3. The summed E-state index contributed by atoms with van der Waals surface area (Å²) in [5.41, 5.74) is 0.872. The lowest BCUT2D eigenvalue weighted by atomic mass is 9.89. The molecule has 0 aliphatic heterocycles. The third kappa shape index (κ3) is 4.71. The molecule has 0 spiro atoms. The third-order valence-electron chi connectivity index (χ3n) is 3.78. The maximum Gasteiger partial charge on any atom is 0.573 e. The number of hydrogen-bond donors (Lipinski definition) is 1. The molecule has 1 aromatic rings. The fraction of sp³-hybridized carbons (Fsp3) is 0.600. The van der Waals surface area contributed by atoms with Gasteiger partial charge in [0, 0.05) is 6.04 Å². The average molecular weight is 287 g/mol. The zero-order valence-corrected chi connectivity index (χ0v) is 11.7. The first-order valence-corrected chi connectivity index (χ1v) is 6.94. The van der Waals surface area contributed by atoms with Crippen molar-refractivity contribution in [3.8, 4) is 5.75 Å². The molecule has 0 amide bonds. The van der Waals surface area contributed by atoms with Gasteiger partial charge in [0.05, 0.1) is 0 Å². The molecule has 0 aromatic heterocycles. The lowest BCUT2D eigenvalue weighted by Gasteiger charge is -2.21. The van der Waals surface area contributed by atoms with E-state index in [0.717, 1.165) is 12.1 Å². The molecule has 1 aliphatic rings. The van der Waals surface area contributed by atoms with Gasteiger partial charge in [0.2, 0.25) is 0 Å². The number of benzene rings is 1. The van der Waals surface area contributed by atoms with Gasteiger partial charge in [-0.3, -0.25) is 0 Å². The summed E-state index contributed by atoms with van der Waals surface area (Å²) in [4.78, 5) is 0. The van der Waals surface area contributed by atoms with E-state index < -0.39 is 6.36 Å². The van der Waals surface area contributed by atoms with Crippen LogP contribution in [-0.2, 0) is 0 Å². The first-order chi connectivity index (χ1) is 9.35. The van der Waals surface area contributed by atoms with Crippen molar-refractivity contribution in [1.29, 1.82) is 0 Å². The first kappa shape index (κ1) is 15.2. The molecule has 2 unspecified atom stereocenters. The van der Waals surface area contributed by atoms with Crippen LogP contribution in [0.3, 0.4) is 0 Å². The van der Waals surface area contributed by atoms with Gasteiger partial charge < -0.3 is 10.1 Å². The molecule has 112 valence electrons. The molecule has 0 heterocycles. The molecule has 5 heteroatoms. The van der Waals surface area contributed by atoms with Crippen molar-refractivity contribution in [1.82, 2.24) is 5.32 Å². The minimum Gasteiger partial charge on any atom is -0.406 e. The van der Waals surface area contributed by atoms with Crippen LogP contribution in [0.5, 0.6) is 5.75 Å². The molecule has 0 saturated heterocycles. The summed E-state index contributed by atoms with van der Waals surface area (Å²) < 4.78 is 40.6. The molecule has 2 rings (SSSR count). The molecule has 1 fully saturated rings. The normalized spacial score (nSPS) is 18.6. The number of rotatable bonds is 6. The van der Waals surface area contributed by atoms with Gasteiger partial charge in [-0.1, -0.05) is 26.0 Å². The SMILES string of the molecule is CC(CNC1CC1)C(C)c1cccc(OC(F)(F)F)c1. The Morgan fingerprint density at radius 2 is 2.00 bits per heavy atom. The van der Waals surface area contributed by atoms with Gasteiger partial charge in [0.1, 0.15) is 5.75 Å². The van der Waals surface area contributed by atoms with Crippen molar-refractivity contribution in [3.63, 3.8) is 0 Å². The van der Waals surface area contributed by atoms with E-state index in [1.54, 1.807) is 6.07 Å². The fourth-order valence-electron chi connectivity index (χ4n) is 2.14. The Kier molecular flexibility index (Phi) is 4.58. The molecule has 20 heavy (non-hydrogen) atoms. The number of hydrogen-bond acceptors (Lipinski definition) is 2. The highest BCUT2D eigenvalue weighted by molar-refractivity contribution is 5.31. The largest absolute Gasteiger partial charge is 0.573 e. The summed E-state index contributed by atoms with van der Waals surface area (Å²) in [6.45, 7) is 5.03. The van der Waals surface area contributed by atoms with Crippen molar-refractivity contribution in [2.45, 2.75) is 45.0 Å². The van der Waals surface area contributed by atoms with E-state index in [-0.39, 0.29) is 11.7 Å². The molecular weight excluding hydrogens is 267 g/mol. The van der Waals surface area contributed by atoms with Crippen LogP contribution in [-0.4, -0.2) is 18.9 Å². The van der Waals surface area contributed by atoms with E-state index in [0.29, 0.717) is 12.0 Å². The zero-order valence-electron chi connectivity index (χ0n) is 11.7. The number of nitrogens with one attached hydrogen (secondary N) is 1. The highest BCUT2D eigenvalue weighted by Gasteiger charge is 2.31. The van der Waals surface area contributed by atoms with E-state index in [4.69, 9.17) is 0 Å². The molecule has 1 aliphatic carbocycles. The molecule has 0 radical (unpaired) electrons. The van der Waals surface area contributed by atoms with Crippen molar-refractivity contribution in [3.05, 3.63) is 29.8 Å². The Hall–Kier alpha value is -1.23. The topological polar surface area (TPSA) is 21.3 Å². The Bertz CT molecular complexity index is 443. The van der Waals surface area contributed by atoms with Crippen LogP contribution in [0.25, 0.3) is 0 Å². The maximum absolute atomic E-state index is 12.2. The Balaban J connectivity index is 1.97. The Morgan fingerprint density at radius 3 is 2.60 bits per heavy atom. The van der Waals surface area contributed by atoms with Gasteiger partial charge in [-0.15, -0.1) is 13.2 Å². The second-order valence-corrected chi connectivity index (χ2v) is 5.57. The molecule has 1 N–H and O–H groups in total. The van der Waals surface area contributed by atoms with Crippen molar-refractivity contribution in [2.24, 2.45) is 5.92 Å². The average Bonchev–Trinajstić information content (AvgIpc) is 3.17. The summed E-state index contributed by atoms with van der Waals surface area (Å²) >= 11 is 0. The number of halogens is 3. The van der Waals surface area contributed by atoms with Crippen molar-refractivity contribution in [2.75, 3.05) is 6.54 Å². The summed E-state index contributed by atoms with van der Waals surface area (Å²) in [5, 5.41) is 3.45. The van der Waals surface area contributed by atoms with Crippen LogP contribution in [0.4, 0.5) is 13.2 Å². The monoisotopic (exact) mass is 287 g/mol. The van der Waals surface area contributed by atoms with Crippen molar-refractivity contribution >= 4 is 0 Å². The Morgan fingerprint density at radius 1 is 1.30 bits per heavy atom. The fourth-order valence-corrected chi connectivity index (χ4v) is 2.14. The van der Waals surface area contributed by atoms with E-state index in [2.05, 4.69) is 17.0 Å². The van der Waals surface area contributed by atoms with Crippen LogP contribution in [0.15, 0.2) is 24.3 Å². The second-order valence-electron chi connectivity index (χ2n) is 5.57. The molecule has 2 atom stereocenters. The van der Waals surface area contributed by atoms with E-state index in [9.17, 15) is 13.2 Å². The van der Waals surface area contributed by atoms with Gasteiger partial charge in [0.25, 0.3) is 0 Å². The maximum atomic E-state index is 12.2. The summed E-state index contributed by atoms with van der Waals surface area (Å²) in [6, 6.07) is 6.91. The van der Waals surface area contributed by atoms with Crippen molar-refractivity contribution < 1.29 is 17.9 Å². The smallest absolute Gasteiger partial charge is 0.406 e. The lowest BCUT2D eigenvalue weighted by Crippen LogP contribution is -2.26. The highest BCUT2D eigenvalue weighted by Crippen LogP contribution is 2.30. The van der Waals surface area contributed by atoms with Gasteiger partial charge in [-0.05, 0) is 48.9 Å². The molecule has 0 bridgehead atoms. The first-order valence-electron chi connectivity index (χ1n) is 6.94. The predicted molar refractivity (Wildman–Crippen MR) is 71.7 cm³/mol. The molecule has 2 nitrogen and oxygen atoms in total. The van der Waals surface area contributed by atoms with Crippen LogP contribution in [0.2, 0.25) is 0 Å². The van der Waals surface area contributed by atoms with Crippen LogP contribution >= 0.6 is 0 Å². The molecular formula is C15H20F3NO. The van der Waals surface area contributed by atoms with E-state index >= 15 is 0 Å².